The lowest BCUT2D eigenvalue weighted by Crippen LogP contribution is -2.29. The van der Waals surface area contributed by atoms with Crippen molar-refractivity contribution in [2.24, 2.45) is 0 Å². The molecule has 0 aliphatic heterocycles. The molecule has 0 bridgehead atoms. The number of benzene rings is 2. The van der Waals surface area contributed by atoms with Crippen LogP contribution >= 0.6 is 11.6 Å². The fourth-order valence-corrected chi connectivity index (χ4v) is 2.30. The van der Waals surface area contributed by atoms with Gasteiger partial charge in [0.05, 0.1) is 16.6 Å². The van der Waals surface area contributed by atoms with Gasteiger partial charge in [0, 0.05) is 12.7 Å². The van der Waals surface area contributed by atoms with Crippen LogP contribution in [0.25, 0.3) is 0 Å². The molecule has 1 amide bonds. The minimum atomic E-state index is -0.119. The molecular formula is C16H17ClN2O. The Morgan fingerprint density at radius 1 is 1.20 bits per heavy atom. The Hall–Kier alpha value is -2.00. The average molecular weight is 289 g/mol. The van der Waals surface area contributed by atoms with E-state index in [2.05, 4.69) is 0 Å². The van der Waals surface area contributed by atoms with Gasteiger partial charge in [-0.3, -0.25) is 4.79 Å². The van der Waals surface area contributed by atoms with E-state index < -0.39 is 0 Å². The van der Waals surface area contributed by atoms with E-state index in [1.165, 1.54) is 0 Å². The number of rotatable bonds is 3. The fourth-order valence-electron chi connectivity index (χ4n) is 2.03. The molecule has 0 saturated carbocycles. The van der Waals surface area contributed by atoms with Gasteiger partial charge in [-0.15, -0.1) is 0 Å². The lowest BCUT2D eigenvalue weighted by molar-refractivity contribution is 0.0743. The third kappa shape index (κ3) is 2.94. The van der Waals surface area contributed by atoms with Gasteiger partial charge in [-0.1, -0.05) is 41.9 Å². The molecule has 2 aromatic rings. The number of nitrogens with zero attached hydrogens (tertiary/aromatic N) is 1. The molecule has 2 aromatic carbocycles. The van der Waals surface area contributed by atoms with Crippen molar-refractivity contribution in [2.75, 3.05) is 12.8 Å². The third-order valence-corrected chi connectivity index (χ3v) is 3.72. The number of anilines is 1. The van der Waals surface area contributed by atoms with Gasteiger partial charge in [0.15, 0.2) is 0 Å². The summed E-state index contributed by atoms with van der Waals surface area (Å²) in [6.07, 6.45) is 0. The highest BCUT2D eigenvalue weighted by atomic mass is 35.5. The molecule has 1 unspecified atom stereocenters. The molecule has 20 heavy (non-hydrogen) atoms. The second-order valence-corrected chi connectivity index (χ2v) is 5.15. The van der Waals surface area contributed by atoms with E-state index >= 15 is 0 Å². The zero-order valence-electron chi connectivity index (χ0n) is 11.5. The Bertz CT molecular complexity index is 613. The first kappa shape index (κ1) is 14.4. The Kier molecular flexibility index (Phi) is 4.30. The molecule has 0 aliphatic rings. The molecule has 104 valence electrons. The van der Waals surface area contributed by atoms with Crippen molar-refractivity contribution in [1.29, 1.82) is 0 Å². The van der Waals surface area contributed by atoms with Gasteiger partial charge in [-0.2, -0.15) is 0 Å². The molecule has 4 heteroatoms. The van der Waals surface area contributed by atoms with Crippen LogP contribution in [0.5, 0.6) is 0 Å². The number of halogens is 1. The number of hydrogen-bond acceptors (Lipinski definition) is 2. The van der Waals surface area contributed by atoms with E-state index in [9.17, 15) is 4.79 Å². The van der Waals surface area contributed by atoms with Gasteiger partial charge in [0.1, 0.15) is 0 Å². The van der Waals surface area contributed by atoms with Crippen molar-refractivity contribution in [2.45, 2.75) is 13.0 Å². The molecule has 0 spiro atoms. The molecule has 0 fully saturated rings. The van der Waals surface area contributed by atoms with Crippen molar-refractivity contribution < 1.29 is 4.79 Å². The molecule has 0 saturated heterocycles. The smallest absolute Gasteiger partial charge is 0.255 e. The average Bonchev–Trinajstić information content (AvgIpc) is 2.46. The first-order valence-corrected chi connectivity index (χ1v) is 6.75. The number of nitrogen functional groups attached to an aromatic ring is 1. The van der Waals surface area contributed by atoms with Crippen LogP contribution in [0.2, 0.25) is 5.02 Å². The molecule has 0 aliphatic carbocycles. The lowest BCUT2D eigenvalue weighted by atomic mass is 10.1. The van der Waals surface area contributed by atoms with Gasteiger partial charge in [0.25, 0.3) is 5.91 Å². The van der Waals surface area contributed by atoms with E-state index in [1.54, 1.807) is 30.1 Å². The number of carbonyl (C=O) groups is 1. The molecule has 0 heterocycles. The first-order chi connectivity index (χ1) is 9.50. The second kappa shape index (κ2) is 5.97. The summed E-state index contributed by atoms with van der Waals surface area (Å²) in [6.45, 7) is 1.98. The molecule has 0 aromatic heterocycles. The van der Waals surface area contributed by atoms with E-state index in [0.29, 0.717) is 16.3 Å². The molecule has 1 atom stereocenters. The van der Waals surface area contributed by atoms with Crippen LogP contribution in [-0.4, -0.2) is 17.9 Å². The summed E-state index contributed by atoms with van der Waals surface area (Å²) in [5.74, 6) is -0.119. The van der Waals surface area contributed by atoms with Gasteiger partial charge in [-0.25, -0.2) is 0 Å². The minimum absolute atomic E-state index is 0.0303. The van der Waals surface area contributed by atoms with Gasteiger partial charge in [-0.05, 0) is 30.7 Å². The fraction of sp³-hybridized carbons (Fsp3) is 0.188. The third-order valence-electron chi connectivity index (χ3n) is 3.41. The summed E-state index contributed by atoms with van der Waals surface area (Å²) in [7, 11) is 1.77. The Labute approximate surface area is 124 Å². The normalized spacial score (nSPS) is 11.9. The minimum Gasteiger partial charge on any atom is -0.399 e. The zero-order chi connectivity index (χ0) is 14.7. The lowest BCUT2D eigenvalue weighted by Gasteiger charge is -2.25. The predicted molar refractivity (Wildman–Crippen MR) is 82.8 cm³/mol. The molecule has 3 nitrogen and oxygen atoms in total. The van der Waals surface area contributed by atoms with Gasteiger partial charge >= 0.3 is 0 Å². The summed E-state index contributed by atoms with van der Waals surface area (Å²) in [6, 6.07) is 14.8. The highest BCUT2D eigenvalue weighted by Crippen LogP contribution is 2.25. The standard InChI is InChI=1S/C16H17ClN2O/c1-11(12-6-4-3-5-7-12)19(2)16(20)14-9-8-13(18)10-15(14)17/h3-11H,18H2,1-2H3. The van der Waals surface area contributed by atoms with E-state index in [-0.39, 0.29) is 11.9 Å². The maximum absolute atomic E-state index is 12.5. The van der Waals surface area contributed by atoms with Gasteiger partial charge in [0.2, 0.25) is 0 Å². The maximum atomic E-state index is 12.5. The number of nitrogens with two attached hydrogens (primary N) is 1. The molecule has 2 rings (SSSR count). The van der Waals surface area contributed by atoms with E-state index in [1.807, 2.05) is 37.3 Å². The van der Waals surface area contributed by atoms with Crippen LogP contribution in [0.1, 0.15) is 28.9 Å². The van der Waals surface area contributed by atoms with Crippen LogP contribution in [0.3, 0.4) is 0 Å². The zero-order valence-corrected chi connectivity index (χ0v) is 12.3. The van der Waals surface area contributed by atoms with Crippen LogP contribution in [-0.2, 0) is 0 Å². The first-order valence-electron chi connectivity index (χ1n) is 6.38. The molecular weight excluding hydrogens is 272 g/mol. The molecule has 2 N–H and O–H groups in total. The summed E-state index contributed by atoms with van der Waals surface area (Å²) in [5, 5.41) is 0.377. The van der Waals surface area contributed by atoms with E-state index in [4.69, 9.17) is 17.3 Å². The van der Waals surface area contributed by atoms with Crippen LogP contribution < -0.4 is 5.73 Å². The number of amides is 1. The molecule has 0 radical (unpaired) electrons. The largest absolute Gasteiger partial charge is 0.399 e. The second-order valence-electron chi connectivity index (χ2n) is 4.74. The topological polar surface area (TPSA) is 46.3 Å². The summed E-state index contributed by atoms with van der Waals surface area (Å²) in [4.78, 5) is 14.2. The summed E-state index contributed by atoms with van der Waals surface area (Å²) < 4.78 is 0. The Morgan fingerprint density at radius 2 is 1.85 bits per heavy atom. The SMILES string of the molecule is CC(c1ccccc1)N(C)C(=O)c1ccc(N)cc1Cl. The monoisotopic (exact) mass is 288 g/mol. The number of hydrogen-bond donors (Lipinski definition) is 1. The van der Waals surface area contributed by atoms with Crippen molar-refractivity contribution in [3.8, 4) is 0 Å². The Morgan fingerprint density at radius 3 is 2.45 bits per heavy atom. The predicted octanol–water partition coefficient (Wildman–Crippen LogP) is 3.76. The van der Waals surface area contributed by atoms with Crippen LogP contribution in [0.15, 0.2) is 48.5 Å². The quantitative estimate of drug-likeness (QED) is 0.874. The van der Waals surface area contributed by atoms with Crippen molar-refractivity contribution >= 4 is 23.2 Å². The highest BCUT2D eigenvalue weighted by molar-refractivity contribution is 6.34. The Balaban J connectivity index is 2.24. The van der Waals surface area contributed by atoms with Crippen molar-refractivity contribution in [3.05, 3.63) is 64.7 Å². The van der Waals surface area contributed by atoms with Crippen molar-refractivity contribution in [1.82, 2.24) is 4.90 Å². The summed E-state index contributed by atoms with van der Waals surface area (Å²) in [5.41, 5.74) is 7.73. The van der Waals surface area contributed by atoms with Crippen molar-refractivity contribution in [3.63, 3.8) is 0 Å². The maximum Gasteiger partial charge on any atom is 0.255 e. The van der Waals surface area contributed by atoms with Crippen LogP contribution in [0, 0.1) is 0 Å². The van der Waals surface area contributed by atoms with Gasteiger partial charge < -0.3 is 10.6 Å². The summed E-state index contributed by atoms with van der Waals surface area (Å²) >= 11 is 6.09. The van der Waals surface area contributed by atoms with Crippen LogP contribution in [0.4, 0.5) is 5.69 Å². The highest BCUT2D eigenvalue weighted by Gasteiger charge is 2.20. The van der Waals surface area contributed by atoms with E-state index in [0.717, 1.165) is 5.56 Å². The number of carbonyl (C=O) groups excluding carboxylic acids is 1.